The Morgan fingerprint density at radius 2 is 0.688 bits per heavy atom. The molecule has 0 atom stereocenters. The number of nitrogens with zero attached hydrogens (tertiary/aromatic N) is 2. The molecular weight excluding hydrogens is 773 g/mol. The Labute approximate surface area is 370 Å². The number of para-hydroxylation sites is 2. The molecule has 0 bridgehead atoms. The zero-order valence-electron chi connectivity index (χ0n) is 34.8. The van der Waals surface area contributed by atoms with Gasteiger partial charge in [-0.3, -0.25) is 0 Å². The van der Waals surface area contributed by atoms with Crippen LogP contribution in [-0.2, 0) is 0 Å². The fraction of sp³-hybridized carbons (Fsp3) is 0. The molecule has 1 aliphatic carbocycles. The van der Waals surface area contributed by atoms with E-state index in [0.717, 1.165) is 11.4 Å². The average Bonchev–Trinajstić information content (AvgIpc) is 4.00. The predicted octanol–water partition coefficient (Wildman–Crippen LogP) is 16.8. The number of rotatable bonds is 5. The molecular formula is C62H38N2. The standard InChI is InChI=1S/C62H38N2/c1-2-11-39(12-3-1)40-21-28-46(29-22-40)63-58-19-8-6-15-50(58)55-36-43(26-33-60(55)63)44-27-34-61-56(37-44)51-16-7-9-20-59(51)64(61)47-30-23-41(24-31-47)42-25-32-49-53-18-10-17-52-48-14-5-4-13-45(48)38-57(62(52)53)54(49)35-42/h1-38H. The van der Waals surface area contributed by atoms with Gasteiger partial charge in [-0.15, -0.1) is 0 Å². The van der Waals surface area contributed by atoms with Crippen molar-refractivity contribution in [3.8, 4) is 67.0 Å². The van der Waals surface area contributed by atoms with E-state index >= 15 is 0 Å². The minimum absolute atomic E-state index is 1.15. The number of hydrogen-bond donors (Lipinski definition) is 0. The maximum absolute atomic E-state index is 2.42. The van der Waals surface area contributed by atoms with E-state index in [-0.39, 0.29) is 0 Å². The van der Waals surface area contributed by atoms with E-state index in [1.165, 1.54) is 121 Å². The van der Waals surface area contributed by atoms with Crippen LogP contribution < -0.4 is 0 Å². The molecule has 0 radical (unpaired) electrons. The first-order valence-electron chi connectivity index (χ1n) is 22.2. The van der Waals surface area contributed by atoms with E-state index in [2.05, 4.69) is 240 Å². The molecule has 2 heteroatoms. The van der Waals surface area contributed by atoms with Crippen LogP contribution in [0, 0.1) is 0 Å². The molecule has 0 saturated carbocycles. The van der Waals surface area contributed by atoms with E-state index in [0.29, 0.717) is 0 Å². The molecule has 0 spiro atoms. The lowest BCUT2D eigenvalue weighted by molar-refractivity contribution is 1.18. The molecule has 0 saturated heterocycles. The Kier molecular flexibility index (Phi) is 7.43. The van der Waals surface area contributed by atoms with Gasteiger partial charge in [0.25, 0.3) is 0 Å². The van der Waals surface area contributed by atoms with Gasteiger partial charge in [0.15, 0.2) is 0 Å². The van der Waals surface area contributed by atoms with Gasteiger partial charge in [-0.05, 0) is 150 Å². The fourth-order valence-electron chi connectivity index (χ4n) is 10.9. The highest BCUT2D eigenvalue weighted by Gasteiger charge is 2.23. The highest BCUT2D eigenvalue weighted by Crippen LogP contribution is 2.50. The van der Waals surface area contributed by atoms with Crippen LogP contribution in [0.3, 0.4) is 0 Å². The van der Waals surface area contributed by atoms with Gasteiger partial charge >= 0.3 is 0 Å². The topological polar surface area (TPSA) is 9.86 Å². The highest BCUT2D eigenvalue weighted by atomic mass is 15.0. The van der Waals surface area contributed by atoms with Crippen molar-refractivity contribution in [1.82, 2.24) is 9.13 Å². The van der Waals surface area contributed by atoms with Gasteiger partial charge in [-0.2, -0.15) is 0 Å². The predicted molar refractivity (Wildman–Crippen MR) is 271 cm³/mol. The van der Waals surface area contributed by atoms with Gasteiger partial charge in [-0.25, -0.2) is 0 Å². The van der Waals surface area contributed by atoms with Gasteiger partial charge in [0.2, 0.25) is 0 Å². The lowest BCUT2D eigenvalue weighted by Gasteiger charge is -2.11. The Morgan fingerprint density at radius 1 is 0.219 bits per heavy atom. The molecule has 0 amide bonds. The van der Waals surface area contributed by atoms with Crippen molar-refractivity contribution < 1.29 is 0 Å². The van der Waals surface area contributed by atoms with E-state index in [9.17, 15) is 0 Å². The molecule has 1 aliphatic rings. The summed E-state index contributed by atoms with van der Waals surface area (Å²) in [6, 6.07) is 85.2. The lowest BCUT2D eigenvalue weighted by Crippen LogP contribution is -1.94. The van der Waals surface area contributed by atoms with E-state index in [4.69, 9.17) is 0 Å². The average molecular weight is 811 g/mol. The van der Waals surface area contributed by atoms with E-state index in [1.54, 1.807) is 0 Å². The second kappa shape index (κ2) is 13.5. The second-order valence-corrected chi connectivity index (χ2v) is 17.3. The smallest absolute Gasteiger partial charge is 0.0541 e. The molecule has 0 N–H and O–H groups in total. The first-order valence-corrected chi connectivity index (χ1v) is 22.2. The zero-order valence-corrected chi connectivity index (χ0v) is 34.8. The van der Waals surface area contributed by atoms with Crippen LogP contribution in [0.4, 0.5) is 0 Å². The maximum Gasteiger partial charge on any atom is 0.0541 e. The highest BCUT2D eigenvalue weighted by molar-refractivity contribution is 6.23. The van der Waals surface area contributed by atoms with Gasteiger partial charge in [0.1, 0.15) is 0 Å². The number of hydrogen-bond acceptors (Lipinski definition) is 0. The van der Waals surface area contributed by atoms with Crippen LogP contribution >= 0.6 is 0 Å². The van der Waals surface area contributed by atoms with Crippen molar-refractivity contribution in [1.29, 1.82) is 0 Å². The summed E-state index contributed by atoms with van der Waals surface area (Å²) in [6.45, 7) is 0. The molecule has 11 aromatic carbocycles. The lowest BCUT2D eigenvalue weighted by atomic mass is 9.95. The summed E-state index contributed by atoms with van der Waals surface area (Å²) in [7, 11) is 0. The minimum atomic E-state index is 1.15. The molecule has 296 valence electrons. The third-order valence-corrected chi connectivity index (χ3v) is 13.9. The Balaban J connectivity index is 0.834. The van der Waals surface area contributed by atoms with Gasteiger partial charge in [0.05, 0.1) is 22.1 Å². The zero-order chi connectivity index (χ0) is 41.9. The summed E-state index contributed by atoms with van der Waals surface area (Å²) >= 11 is 0. The summed E-state index contributed by atoms with van der Waals surface area (Å²) in [5.74, 6) is 0. The van der Waals surface area contributed by atoms with E-state index < -0.39 is 0 Å². The Bertz CT molecular complexity index is 4040. The van der Waals surface area contributed by atoms with Gasteiger partial charge in [0, 0.05) is 32.9 Å². The molecule has 2 heterocycles. The largest absolute Gasteiger partial charge is 0.309 e. The fourth-order valence-corrected chi connectivity index (χ4v) is 10.9. The van der Waals surface area contributed by atoms with Crippen LogP contribution in [0.15, 0.2) is 231 Å². The Morgan fingerprint density at radius 3 is 1.33 bits per heavy atom. The molecule has 2 aromatic heterocycles. The molecule has 2 nitrogen and oxygen atoms in total. The normalized spacial score (nSPS) is 12.1. The maximum atomic E-state index is 2.42. The monoisotopic (exact) mass is 810 g/mol. The molecule has 0 fully saturated rings. The van der Waals surface area contributed by atoms with Crippen LogP contribution in [0.2, 0.25) is 0 Å². The van der Waals surface area contributed by atoms with Crippen LogP contribution in [0.5, 0.6) is 0 Å². The van der Waals surface area contributed by atoms with Gasteiger partial charge < -0.3 is 9.13 Å². The van der Waals surface area contributed by atoms with Crippen molar-refractivity contribution >= 4 is 65.2 Å². The van der Waals surface area contributed by atoms with E-state index in [1.807, 2.05) is 0 Å². The molecule has 0 unspecified atom stereocenters. The third-order valence-electron chi connectivity index (χ3n) is 13.9. The quantitative estimate of drug-likeness (QED) is 0.153. The summed E-state index contributed by atoms with van der Waals surface area (Å²) in [6.07, 6.45) is 0. The third kappa shape index (κ3) is 5.14. The van der Waals surface area contributed by atoms with Crippen molar-refractivity contribution in [3.63, 3.8) is 0 Å². The first-order chi connectivity index (χ1) is 31.7. The molecule has 0 aliphatic heterocycles. The van der Waals surface area contributed by atoms with Crippen molar-refractivity contribution in [2.24, 2.45) is 0 Å². The van der Waals surface area contributed by atoms with Crippen LogP contribution in [0.1, 0.15) is 0 Å². The van der Waals surface area contributed by atoms with Gasteiger partial charge in [-0.1, -0.05) is 158 Å². The minimum Gasteiger partial charge on any atom is -0.309 e. The van der Waals surface area contributed by atoms with Crippen LogP contribution in [-0.4, -0.2) is 9.13 Å². The number of benzene rings is 11. The second-order valence-electron chi connectivity index (χ2n) is 17.3. The Hall–Kier alpha value is -8.46. The molecule has 13 aromatic rings. The summed E-state index contributed by atoms with van der Waals surface area (Å²) < 4.78 is 4.82. The van der Waals surface area contributed by atoms with Crippen molar-refractivity contribution in [2.75, 3.05) is 0 Å². The summed E-state index contributed by atoms with van der Waals surface area (Å²) in [4.78, 5) is 0. The summed E-state index contributed by atoms with van der Waals surface area (Å²) in [5, 5.41) is 10.3. The summed E-state index contributed by atoms with van der Waals surface area (Å²) in [5.41, 5.74) is 19.7. The number of aromatic nitrogens is 2. The first kappa shape index (κ1) is 35.2. The molecule has 14 rings (SSSR count). The van der Waals surface area contributed by atoms with Crippen molar-refractivity contribution in [3.05, 3.63) is 231 Å². The van der Waals surface area contributed by atoms with Crippen molar-refractivity contribution in [2.45, 2.75) is 0 Å². The van der Waals surface area contributed by atoms with Crippen LogP contribution in [0.25, 0.3) is 132 Å². The number of fused-ring (bicyclic) bond motifs is 11. The molecule has 64 heavy (non-hydrogen) atoms. The SMILES string of the molecule is c1ccc(-c2ccc(-n3c4ccccc4c4cc(-c5ccc6c(c5)c5ccccc5n6-c5ccc(-c6ccc7c(c6)-c6cc8ccccc8c8cccc-7c68)cc5)ccc43)cc2)cc1.